The van der Waals surface area contributed by atoms with E-state index in [-0.39, 0.29) is 22.3 Å². The largest absolute Gasteiger partial charge is 0.354 e. The summed E-state index contributed by atoms with van der Waals surface area (Å²) in [6.07, 6.45) is 3.09. The van der Waals surface area contributed by atoms with Gasteiger partial charge in [-0.1, -0.05) is 24.9 Å². The molecule has 0 radical (unpaired) electrons. The van der Waals surface area contributed by atoms with E-state index >= 15 is 0 Å². The van der Waals surface area contributed by atoms with Crippen molar-refractivity contribution in [3.05, 3.63) is 45.5 Å². The number of hydrogen-bond donors (Lipinski definition) is 1. The molecule has 0 amide bonds. The Morgan fingerprint density at radius 2 is 2.17 bits per heavy atom. The van der Waals surface area contributed by atoms with E-state index in [0.717, 1.165) is 12.8 Å². The molecule has 0 saturated heterocycles. The van der Waals surface area contributed by atoms with Crippen LogP contribution in [0.5, 0.6) is 0 Å². The zero-order chi connectivity index (χ0) is 17.7. The van der Waals surface area contributed by atoms with Gasteiger partial charge in [0, 0.05) is 19.3 Å². The molecule has 0 bridgehead atoms. The molecule has 1 aromatic heterocycles. The van der Waals surface area contributed by atoms with Gasteiger partial charge in [-0.2, -0.15) is 0 Å². The highest BCUT2D eigenvalue weighted by atomic mass is 35.5. The van der Waals surface area contributed by atoms with Crippen molar-refractivity contribution in [2.75, 3.05) is 23.8 Å². The third kappa shape index (κ3) is 4.08. The van der Waals surface area contributed by atoms with Gasteiger partial charge in [0.25, 0.3) is 0 Å². The van der Waals surface area contributed by atoms with Gasteiger partial charge in [-0.15, -0.1) is 0 Å². The topological polar surface area (TPSA) is 84.2 Å². The predicted octanol–water partition coefficient (Wildman–Crippen LogP) is 4.16. The van der Waals surface area contributed by atoms with Gasteiger partial charge in [-0.05, 0) is 24.6 Å². The minimum absolute atomic E-state index is 0.0241. The first kappa shape index (κ1) is 17.9. The summed E-state index contributed by atoms with van der Waals surface area (Å²) >= 11 is 5.73. The van der Waals surface area contributed by atoms with Crippen LogP contribution in [0.15, 0.2) is 24.5 Å². The molecule has 0 atom stereocenters. The lowest BCUT2D eigenvalue weighted by atomic mass is 10.3. The number of hydrogen-bond acceptors (Lipinski definition) is 6. The molecule has 128 valence electrons. The van der Waals surface area contributed by atoms with Gasteiger partial charge in [0.2, 0.25) is 11.6 Å². The van der Waals surface area contributed by atoms with Gasteiger partial charge < -0.3 is 10.2 Å². The molecule has 2 aromatic rings. The van der Waals surface area contributed by atoms with E-state index in [1.807, 2.05) is 6.92 Å². The van der Waals surface area contributed by atoms with E-state index < -0.39 is 10.7 Å². The molecule has 2 rings (SSSR count). The molecule has 0 aliphatic rings. The molecular weight excluding hydrogens is 337 g/mol. The maximum atomic E-state index is 13.2. The number of aromatic nitrogens is 2. The highest BCUT2D eigenvalue weighted by Crippen LogP contribution is 2.33. The predicted molar refractivity (Wildman–Crippen MR) is 91.6 cm³/mol. The van der Waals surface area contributed by atoms with Crippen LogP contribution in [-0.2, 0) is 0 Å². The van der Waals surface area contributed by atoms with Gasteiger partial charge in [0.1, 0.15) is 12.1 Å². The van der Waals surface area contributed by atoms with Gasteiger partial charge in [-0.25, -0.2) is 14.4 Å². The van der Waals surface area contributed by atoms with E-state index in [2.05, 4.69) is 15.3 Å². The summed E-state index contributed by atoms with van der Waals surface area (Å²) in [6.45, 7) is 2.67. The molecular formula is C15H17ClFN5O2. The Bertz CT molecular complexity index is 744. The molecule has 0 unspecified atom stereocenters. The second-order valence-electron chi connectivity index (χ2n) is 5.18. The molecule has 0 spiro atoms. The van der Waals surface area contributed by atoms with Crippen LogP contribution in [0.2, 0.25) is 5.02 Å². The molecule has 1 aromatic carbocycles. The lowest BCUT2D eigenvalue weighted by Gasteiger charge is -2.18. The second kappa shape index (κ2) is 7.87. The molecule has 9 heteroatoms. The maximum absolute atomic E-state index is 13.2. The van der Waals surface area contributed by atoms with Crippen LogP contribution in [0.1, 0.15) is 19.8 Å². The first-order valence-electron chi connectivity index (χ1n) is 7.36. The van der Waals surface area contributed by atoms with Crippen molar-refractivity contribution in [3.63, 3.8) is 0 Å². The Morgan fingerprint density at radius 1 is 1.42 bits per heavy atom. The summed E-state index contributed by atoms with van der Waals surface area (Å²) in [6, 6.07) is 3.93. The summed E-state index contributed by atoms with van der Waals surface area (Å²) < 4.78 is 13.2. The monoisotopic (exact) mass is 353 g/mol. The van der Waals surface area contributed by atoms with Crippen molar-refractivity contribution in [1.29, 1.82) is 0 Å². The molecule has 0 saturated carbocycles. The Morgan fingerprint density at radius 3 is 2.79 bits per heavy atom. The molecule has 1 heterocycles. The highest BCUT2D eigenvalue weighted by Gasteiger charge is 2.25. The highest BCUT2D eigenvalue weighted by molar-refractivity contribution is 6.31. The van der Waals surface area contributed by atoms with Crippen LogP contribution < -0.4 is 10.2 Å². The Labute approximate surface area is 143 Å². The quantitative estimate of drug-likeness (QED) is 0.594. The third-order valence-corrected chi connectivity index (χ3v) is 3.67. The third-order valence-electron chi connectivity index (χ3n) is 3.38. The SMILES string of the molecule is CCCCN(C)c1ncnc(Nc2ccc(F)c(Cl)c2)c1[N+](=O)[O-]. The number of unbranched alkanes of at least 4 members (excludes halogenated alkanes) is 1. The van der Waals surface area contributed by atoms with Crippen molar-refractivity contribution in [3.8, 4) is 0 Å². The van der Waals surface area contributed by atoms with E-state index in [9.17, 15) is 14.5 Å². The first-order valence-corrected chi connectivity index (χ1v) is 7.74. The molecule has 1 N–H and O–H groups in total. The molecule has 0 aliphatic heterocycles. The van der Waals surface area contributed by atoms with Crippen molar-refractivity contribution in [2.45, 2.75) is 19.8 Å². The van der Waals surface area contributed by atoms with E-state index in [0.29, 0.717) is 12.2 Å². The molecule has 7 nitrogen and oxygen atoms in total. The average molecular weight is 354 g/mol. The summed E-state index contributed by atoms with van der Waals surface area (Å²) in [5, 5.41) is 14.2. The average Bonchev–Trinajstić information content (AvgIpc) is 2.55. The number of nitrogens with zero attached hydrogens (tertiary/aromatic N) is 4. The maximum Gasteiger partial charge on any atom is 0.353 e. The Balaban J connectivity index is 2.38. The Hall–Kier alpha value is -2.48. The molecule has 0 aliphatic carbocycles. The fourth-order valence-corrected chi connectivity index (χ4v) is 2.30. The molecule has 24 heavy (non-hydrogen) atoms. The summed E-state index contributed by atoms with van der Waals surface area (Å²) in [4.78, 5) is 20.7. The van der Waals surface area contributed by atoms with Crippen molar-refractivity contribution in [1.82, 2.24) is 9.97 Å². The lowest BCUT2D eigenvalue weighted by Crippen LogP contribution is -2.21. The number of benzene rings is 1. The van der Waals surface area contributed by atoms with Gasteiger partial charge >= 0.3 is 5.69 Å². The lowest BCUT2D eigenvalue weighted by molar-refractivity contribution is -0.383. The smallest absolute Gasteiger partial charge is 0.353 e. The Kier molecular flexibility index (Phi) is 5.86. The number of nitrogens with one attached hydrogen (secondary N) is 1. The van der Waals surface area contributed by atoms with Crippen molar-refractivity contribution in [2.24, 2.45) is 0 Å². The van der Waals surface area contributed by atoms with E-state index in [1.54, 1.807) is 11.9 Å². The van der Waals surface area contributed by atoms with Crippen LogP contribution >= 0.6 is 11.6 Å². The van der Waals surface area contributed by atoms with Crippen LogP contribution in [0.4, 0.5) is 27.4 Å². The van der Waals surface area contributed by atoms with Gasteiger partial charge in [0.05, 0.1) is 9.95 Å². The van der Waals surface area contributed by atoms with Crippen LogP contribution in [0.3, 0.4) is 0 Å². The zero-order valence-corrected chi connectivity index (χ0v) is 14.0. The van der Waals surface area contributed by atoms with E-state index in [1.165, 1.54) is 24.5 Å². The first-order chi connectivity index (χ1) is 11.4. The summed E-state index contributed by atoms with van der Waals surface area (Å²) in [5.41, 5.74) is 0.155. The number of halogens is 2. The zero-order valence-electron chi connectivity index (χ0n) is 13.3. The van der Waals surface area contributed by atoms with Crippen LogP contribution in [0.25, 0.3) is 0 Å². The fraction of sp³-hybridized carbons (Fsp3) is 0.333. The van der Waals surface area contributed by atoms with Gasteiger partial charge in [0.15, 0.2) is 0 Å². The normalized spacial score (nSPS) is 10.5. The summed E-state index contributed by atoms with van der Waals surface area (Å²) in [7, 11) is 1.74. The fourth-order valence-electron chi connectivity index (χ4n) is 2.12. The number of nitro groups is 1. The summed E-state index contributed by atoms with van der Waals surface area (Å²) in [5.74, 6) is -0.324. The molecule has 0 fully saturated rings. The van der Waals surface area contributed by atoms with E-state index in [4.69, 9.17) is 11.6 Å². The van der Waals surface area contributed by atoms with Crippen molar-refractivity contribution >= 4 is 34.6 Å². The minimum atomic E-state index is -0.570. The number of anilines is 3. The second-order valence-corrected chi connectivity index (χ2v) is 5.59. The number of rotatable bonds is 7. The van der Waals surface area contributed by atoms with Crippen LogP contribution in [-0.4, -0.2) is 28.5 Å². The standard InChI is InChI=1S/C15H17ClFN5O2/c1-3-4-7-21(2)15-13(22(23)24)14(18-9-19-15)20-10-5-6-12(17)11(16)8-10/h5-6,8-9H,3-4,7H2,1-2H3,(H,18,19,20). The van der Waals surface area contributed by atoms with Crippen LogP contribution in [0, 0.1) is 15.9 Å². The van der Waals surface area contributed by atoms with Gasteiger partial charge in [-0.3, -0.25) is 10.1 Å². The van der Waals surface area contributed by atoms with Crippen molar-refractivity contribution < 1.29 is 9.31 Å². The minimum Gasteiger partial charge on any atom is -0.354 e.